The van der Waals surface area contributed by atoms with Gasteiger partial charge in [0.25, 0.3) is 0 Å². The summed E-state index contributed by atoms with van der Waals surface area (Å²) in [6.45, 7) is 3.23. The first-order valence-corrected chi connectivity index (χ1v) is 5.04. The van der Waals surface area contributed by atoms with Crippen molar-refractivity contribution in [3.05, 3.63) is 0 Å². The van der Waals surface area contributed by atoms with E-state index in [2.05, 4.69) is 4.74 Å². The average molecular weight is 199 g/mol. The Balaban J connectivity index is 2.38. The van der Waals surface area contributed by atoms with Gasteiger partial charge in [0.15, 0.2) is 0 Å². The number of amides is 1. The van der Waals surface area contributed by atoms with E-state index >= 15 is 0 Å². The molecule has 1 fully saturated rings. The highest BCUT2D eigenvalue weighted by Crippen LogP contribution is 2.18. The van der Waals surface area contributed by atoms with Crippen LogP contribution in [0.2, 0.25) is 0 Å². The van der Waals surface area contributed by atoms with Crippen molar-refractivity contribution in [2.24, 2.45) is 5.92 Å². The Morgan fingerprint density at radius 1 is 1.36 bits per heavy atom. The van der Waals surface area contributed by atoms with Gasteiger partial charge in [0, 0.05) is 19.5 Å². The second-order valence-electron chi connectivity index (χ2n) is 3.53. The third-order valence-electron chi connectivity index (χ3n) is 2.68. The molecule has 0 N–H and O–H groups in total. The van der Waals surface area contributed by atoms with Crippen LogP contribution in [0.25, 0.3) is 0 Å². The quantitative estimate of drug-likeness (QED) is 0.618. The van der Waals surface area contributed by atoms with Crippen LogP contribution >= 0.6 is 0 Å². The van der Waals surface area contributed by atoms with Crippen LogP contribution in [0.3, 0.4) is 0 Å². The summed E-state index contributed by atoms with van der Waals surface area (Å²) < 4.78 is 4.67. The molecule has 0 saturated carbocycles. The number of esters is 1. The predicted octanol–water partition coefficient (Wildman–Crippen LogP) is 0.808. The van der Waals surface area contributed by atoms with Gasteiger partial charge < -0.3 is 9.64 Å². The lowest BCUT2D eigenvalue weighted by Gasteiger charge is -2.30. The maximum Gasteiger partial charge on any atom is 0.308 e. The Hall–Kier alpha value is -1.06. The van der Waals surface area contributed by atoms with Crippen LogP contribution in [0, 0.1) is 5.92 Å². The summed E-state index contributed by atoms with van der Waals surface area (Å²) in [6.07, 6.45) is 2.01. The summed E-state index contributed by atoms with van der Waals surface area (Å²) in [6, 6.07) is 0. The highest BCUT2D eigenvalue weighted by molar-refractivity contribution is 5.77. The van der Waals surface area contributed by atoms with Crippen LogP contribution in [0.4, 0.5) is 0 Å². The van der Waals surface area contributed by atoms with Gasteiger partial charge in [0.2, 0.25) is 5.91 Å². The summed E-state index contributed by atoms with van der Waals surface area (Å²) in [7, 11) is 1.41. The molecule has 1 aliphatic rings. The minimum Gasteiger partial charge on any atom is -0.469 e. The van der Waals surface area contributed by atoms with Crippen LogP contribution < -0.4 is 0 Å². The SMILES string of the molecule is CCC(=O)N1CCC(C(=O)OC)CC1. The van der Waals surface area contributed by atoms with Gasteiger partial charge in [0.05, 0.1) is 13.0 Å². The summed E-state index contributed by atoms with van der Waals surface area (Å²) in [5.41, 5.74) is 0. The summed E-state index contributed by atoms with van der Waals surface area (Å²) >= 11 is 0. The van der Waals surface area contributed by atoms with Gasteiger partial charge >= 0.3 is 5.97 Å². The van der Waals surface area contributed by atoms with Crippen molar-refractivity contribution in [3.8, 4) is 0 Å². The average Bonchev–Trinajstić information content (AvgIpc) is 2.27. The lowest BCUT2D eigenvalue weighted by Crippen LogP contribution is -2.40. The fourth-order valence-corrected chi connectivity index (χ4v) is 1.75. The number of hydrogen-bond donors (Lipinski definition) is 0. The second kappa shape index (κ2) is 4.98. The number of rotatable bonds is 2. The van der Waals surface area contributed by atoms with Gasteiger partial charge in [0.1, 0.15) is 0 Å². The fourth-order valence-electron chi connectivity index (χ4n) is 1.75. The minimum atomic E-state index is -0.145. The maximum atomic E-state index is 11.3. The normalized spacial score (nSPS) is 18.0. The molecule has 4 nitrogen and oxygen atoms in total. The van der Waals surface area contributed by atoms with Crippen LogP contribution in [-0.2, 0) is 14.3 Å². The van der Waals surface area contributed by atoms with E-state index < -0.39 is 0 Å². The zero-order valence-corrected chi connectivity index (χ0v) is 8.78. The van der Waals surface area contributed by atoms with Crippen molar-refractivity contribution in [1.82, 2.24) is 4.90 Å². The molecular formula is C10H17NO3. The fraction of sp³-hybridized carbons (Fsp3) is 0.800. The monoisotopic (exact) mass is 199 g/mol. The van der Waals surface area contributed by atoms with E-state index in [9.17, 15) is 9.59 Å². The van der Waals surface area contributed by atoms with E-state index in [0.29, 0.717) is 19.5 Å². The highest BCUT2D eigenvalue weighted by atomic mass is 16.5. The Morgan fingerprint density at radius 3 is 2.36 bits per heavy atom. The third-order valence-corrected chi connectivity index (χ3v) is 2.68. The number of ether oxygens (including phenoxy) is 1. The number of likely N-dealkylation sites (tertiary alicyclic amines) is 1. The van der Waals surface area contributed by atoms with Gasteiger partial charge in [-0.1, -0.05) is 6.92 Å². The van der Waals surface area contributed by atoms with E-state index in [1.807, 2.05) is 11.8 Å². The molecule has 0 unspecified atom stereocenters. The number of piperidine rings is 1. The zero-order chi connectivity index (χ0) is 10.6. The molecule has 0 aliphatic carbocycles. The molecule has 0 aromatic carbocycles. The Morgan fingerprint density at radius 2 is 1.93 bits per heavy atom. The Kier molecular flexibility index (Phi) is 3.92. The van der Waals surface area contributed by atoms with Crippen molar-refractivity contribution in [2.45, 2.75) is 26.2 Å². The van der Waals surface area contributed by atoms with Crippen molar-refractivity contribution in [3.63, 3.8) is 0 Å². The van der Waals surface area contributed by atoms with Crippen molar-refractivity contribution < 1.29 is 14.3 Å². The maximum absolute atomic E-state index is 11.3. The number of nitrogens with zero attached hydrogens (tertiary/aromatic N) is 1. The summed E-state index contributed by atoms with van der Waals surface area (Å²) in [5, 5.41) is 0. The Bertz CT molecular complexity index is 195. The minimum absolute atomic E-state index is 0.0130. The lowest BCUT2D eigenvalue weighted by atomic mass is 9.97. The van der Waals surface area contributed by atoms with Crippen LogP contribution in [0.5, 0.6) is 0 Å². The lowest BCUT2D eigenvalue weighted by molar-refractivity contribution is -0.148. The van der Waals surface area contributed by atoms with Crippen LogP contribution in [-0.4, -0.2) is 37.0 Å². The van der Waals surface area contributed by atoms with Crippen LogP contribution in [0.15, 0.2) is 0 Å². The van der Waals surface area contributed by atoms with Gasteiger partial charge in [-0.05, 0) is 12.8 Å². The summed E-state index contributed by atoms with van der Waals surface area (Å²) in [5.74, 6) is 0.0165. The van der Waals surface area contributed by atoms with Crippen molar-refractivity contribution in [2.75, 3.05) is 20.2 Å². The van der Waals surface area contributed by atoms with E-state index in [0.717, 1.165) is 12.8 Å². The molecule has 0 spiro atoms. The molecule has 1 saturated heterocycles. The second-order valence-corrected chi connectivity index (χ2v) is 3.53. The highest BCUT2D eigenvalue weighted by Gasteiger charge is 2.26. The van der Waals surface area contributed by atoms with Gasteiger partial charge in [-0.2, -0.15) is 0 Å². The topological polar surface area (TPSA) is 46.6 Å². The van der Waals surface area contributed by atoms with Gasteiger partial charge in [-0.3, -0.25) is 9.59 Å². The standard InChI is InChI=1S/C10H17NO3/c1-3-9(12)11-6-4-8(5-7-11)10(13)14-2/h8H,3-7H2,1-2H3. The van der Waals surface area contributed by atoms with E-state index in [-0.39, 0.29) is 17.8 Å². The van der Waals surface area contributed by atoms with Crippen molar-refractivity contribution in [1.29, 1.82) is 0 Å². The molecule has 0 atom stereocenters. The molecule has 1 rings (SSSR count). The Labute approximate surface area is 84.2 Å². The molecule has 1 aliphatic heterocycles. The third kappa shape index (κ3) is 2.47. The first kappa shape index (κ1) is 11.0. The number of carbonyl (C=O) groups excluding carboxylic acids is 2. The zero-order valence-electron chi connectivity index (χ0n) is 8.78. The smallest absolute Gasteiger partial charge is 0.308 e. The largest absolute Gasteiger partial charge is 0.469 e. The number of hydrogen-bond acceptors (Lipinski definition) is 3. The summed E-state index contributed by atoms with van der Waals surface area (Å²) in [4.78, 5) is 24.3. The van der Waals surface area contributed by atoms with Gasteiger partial charge in [-0.15, -0.1) is 0 Å². The van der Waals surface area contributed by atoms with E-state index in [1.54, 1.807) is 0 Å². The van der Waals surface area contributed by atoms with Crippen molar-refractivity contribution >= 4 is 11.9 Å². The molecule has 1 heterocycles. The molecule has 1 amide bonds. The van der Waals surface area contributed by atoms with Gasteiger partial charge in [-0.25, -0.2) is 0 Å². The molecule has 0 radical (unpaired) electrons. The molecule has 0 aromatic heterocycles. The molecule has 0 aromatic rings. The first-order chi connectivity index (χ1) is 6.69. The molecule has 0 bridgehead atoms. The number of carbonyl (C=O) groups is 2. The molecular weight excluding hydrogens is 182 g/mol. The number of methoxy groups -OCH3 is 1. The molecule has 4 heteroatoms. The van der Waals surface area contributed by atoms with E-state index in [1.165, 1.54) is 7.11 Å². The molecule has 80 valence electrons. The molecule has 14 heavy (non-hydrogen) atoms. The predicted molar refractivity (Wildman–Crippen MR) is 51.6 cm³/mol. The van der Waals surface area contributed by atoms with E-state index in [4.69, 9.17) is 0 Å². The first-order valence-electron chi connectivity index (χ1n) is 5.04. The van der Waals surface area contributed by atoms with Crippen LogP contribution in [0.1, 0.15) is 26.2 Å².